The van der Waals surface area contributed by atoms with Gasteiger partial charge in [0.05, 0.1) is 21.8 Å². The minimum Gasteiger partial charge on any atom is -0.173 e. The number of halogens is 2. The molecular weight excluding hydrogens is 203 g/mol. The van der Waals surface area contributed by atoms with Gasteiger partial charge in [0, 0.05) is 0 Å². The second-order valence-corrected chi connectivity index (χ2v) is 3.36. The van der Waals surface area contributed by atoms with Gasteiger partial charge >= 0.3 is 0 Å². The molecule has 0 saturated heterocycles. The summed E-state index contributed by atoms with van der Waals surface area (Å²) in [7, 11) is 0. The lowest BCUT2D eigenvalue weighted by atomic mass is 10.3. The Bertz CT molecular complexity index is 362. The zero-order valence-corrected chi connectivity index (χ0v) is 7.54. The van der Waals surface area contributed by atoms with Crippen LogP contribution in [0.3, 0.4) is 0 Å². The maximum atomic E-state index is 5.75. The molecule has 5 heteroatoms. The van der Waals surface area contributed by atoms with Crippen LogP contribution in [0.2, 0.25) is 10.0 Å². The zero-order valence-electron chi connectivity index (χ0n) is 5.21. The minimum absolute atomic E-state index is 0.520. The molecule has 0 unspecified atom stereocenters. The third-order valence-corrected chi connectivity index (χ3v) is 2.57. The fraction of sp³-hybridized carbons (Fsp3) is 0. The molecule has 0 radical (unpaired) electrons. The van der Waals surface area contributed by atoms with Crippen molar-refractivity contribution in [3.05, 3.63) is 22.2 Å². The fourth-order valence-corrected chi connectivity index (χ4v) is 1.61. The minimum atomic E-state index is 0.520. The van der Waals surface area contributed by atoms with Gasteiger partial charge in [0.15, 0.2) is 0 Å². The first-order valence-electron chi connectivity index (χ1n) is 2.85. The second-order valence-electron chi connectivity index (χ2n) is 2.02. The topological polar surface area (TPSA) is 25.8 Å². The van der Waals surface area contributed by atoms with Crippen LogP contribution in [0, 0.1) is 0 Å². The predicted octanol–water partition coefficient (Wildman–Crippen LogP) is 3.00. The first-order chi connectivity index (χ1) is 5.27. The quantitative estimate of drug-likeness (QED) is 0.660. The maximum Gasteiger partial charge on any atom is 0.106 e. The van der Waals surface area contributed by atoms with Crippen LogP contribution in [-0.4, -0.2) is 8.75 Å². The average molecular weight is 205 g/mol. The van der Waals surface area contributed by atoms with Gasteiger partial charge in [-0.25, -0.2) is 0 Å². The molecule has 11 heavy (non-hydrogen) atoms. The summed E-state index contributed by atoms with van der Waals surface area (Å²) >= 11 is 12.7. The molecule has 2 aromatic rings. The highest BCUT2D eigenvalue weighted by molar-refractivity contribution is 7.00. The summed E-state index contributed by atoms with van der Waals surface area (Å²) in [5, 5.41) is 1.04. The normalized spacial score (nSPS) is 10.7. The number of fused-ring (bicyclic) bond motifs is 1. The van der Waals surface area contributed by atoms with Crippen LogP contribution >= 0.6 is 34.9 Å². The van der Waals surface area contributed by atoms with Gasteiger partial charge in [-0.05, 0) is 12.1 Å². The van der Waals surface area contributed by atoms with E-state index in [0.29, 0.717) is 10.0 Å². The molecule has 56 valence electrons. The molecule has 0 aliphatic heterocycles. The van der Waals surface area contributed by atoms with Gasteiger partial charge in [-0.15, -0.1) is 0 Å². The van der Waals surface area contributed by atoms with Crippen LogP contribution < -0.4 is 0 Å². The predicted molar refractivity (Wildman–Crippen MR) is 47.4 cm³/mol. The molecule has 1 heterocycles. The Balaban J connectivity index is 2.86. The largest absolute Gasteiger partial charge is 0.173 e. The summed E-state index contributed by atoms with van der Waals surface area (Å²) in [5.74, 6) is 0. The molecule has 0 fully saturated rings. The monoisotopic (exact) mass is 204 g/mol. The van der Waals surface area contributed by atoms with E-state index in [9.17, 15) is 0 Å². The van der Waals surface area contributed by atoms with E-state index in [0.717, 1.165) is 22.8 Å². The molecule has 0 amide bonds. The van der Waals surface area contributed by atoms with Crippen molar-refractivity contribution in [2.75, 3.05) is 0 Å². The van der Waals surface area contributed by atoms with E-state index in [2.05, 4.69) is 8.75 Å². The third-order valence-electron chi connectivity index (χ3n) is 1.30. The molecule has 0 saturated carbocycles. The Hall–Kier alpha value is -0.380. The molecular formula is C6H2Cl2N2S. The van der Waals surface area contributed by atoms with Gasteiger partial charge in [-0.3, -0.25) is 0 Å². The van der Waals surface area contributed by atoms with E-state index in [1.54, 1.807) is 12.1 Å². The summed E-state index contributed by atoms with van der Waals surface area (Å²) in [6.45, 7) is 0. The van der Waals surface area contributed by atoms with E-state index >= 15 is 0 Å². The average Bonchev–Trinajstić information content (AvgIpc) is 2.36. The number of hydrogen-bond donors (Lipinski definition) is 0. The standard InChI is InChI=1S/C6H2Cl2N2S/c7-3-1-5-6(2-4(3)8)10-11-9-5/h1-2H. The molecule has 0 atom stereocenters. The van der Waals surface area contributed by atoms with Crippen LogP contribution in [0.5, 0.6) is 0 Å². The van der Waals surface area contributed by atoms with Crippen LogP contribution in [0.15, 0.2) is 12.1 Å². The lowest BCUT2D eigenvalue weighted by Crippen LogP contribution is -1.71. The van der Waals surface area contributed by atoms with Crippen molar-refractivity contribution in [3.8, 4) is 0 Å². The first-order valence-corrected chi connectivity index (χ1v) is 4.33. The summed E-state index contributed by atoms with van der Waals surface area (Å²) in [6.07, 6.45) is 0. The smallest absolute Gasteiger partial charge is 0.106 e. The van der Waals surface area contributed by atoms with E-state index in [4.69, 9.17) is 23.2 Å². The molecule has 0 N–H and O–H groups in total. The number of rotatable bonds is 0. The van der Waals surface area contributed by atoms with Crippen LogP contribution in [0.1, 0.15) is 0 Å². The van der Waals surface area contributed by atoms with Gasteiger partial charge in [0.1, 0.15) is 11.0 Å². The van der Waals surface area contributed by atoms with E-state index in [1.807, 2.05) is 0 Å². The molecule has 0 aliphatic carbocycles. The van der Waals surface area contributed by atoms with Gasteiger partial charge < -0.3 is 0 Å². The summed E-state index contributed by atoms with van der Waals surface area (Å²) in [5.41, 5.74) is 1.59. The lowest BCUT2D eigenvalue weighted by molar-refractivity contribution is 1.64. The summed E-state index contributed by atoms with van der Waals surface area (Å²) in [6, 6.07) is 3.42. The van der Waals surface area contributed by atoms with Gasteiger partial charge in [-0.1, -0.05) is 23.2 Å². The fourth-order valence-electron chi connectivity index (χ4n) is 0.780. The Morgan fingerprint density at radius 2 is 1.45 bits per heavy atom. The Morgan fingerprint density at radius 1 is 1.00 bits per heavy atom. The first kappa shape index (κ1) is 7.28. The van der Waals surface area contributed by atoms with Crippen LogP contribution in [0.25, 0.3) is 11.0 Å². The zero-order chi connectivity index (χ0) is 7.84. The van der Waals surface area contributed by atoms with E-state index < -0.39 is 0 Å². The van der Waals surface area contributed by atoms with Crippen molar-refractivity contribution in [1.29, 1.82) is 0 Å². The number of aromatic nitrogens is 2. The Morgan fingerprint density at radius 3 is 1.91 bits per heavy atom. The van der Waals surface area contributed by atoms with Crippen molar-refractivity contribution in [3.63, 3.8) is 0 Å². The molecule has 0 spiro atoms. The number of hydrogen-bond acceptors (Lipinski definition) is 3. The third kappa shape index (κ3) is 1.20. The van der Waals surface area contributed by atoms with E-state index in [-0.39, 0.29) is 0 Å². The van der Waals surface area contributed by atoms with Gasteiger partial charge in [0.25, 0.3) is 0 Å². The molecule has 1 aromatic heterocycles. The maximum absolute atomic E-state index is 5.75. The molecule has 2 nitrogen and oxygen atoms in total. The van der Waals surface area contributed by atoms with Crippen molar-refractivity contribution in [2.45, 2.75) is 0 Å². The highest BCUT2D eigenvalue weighted by atomic mass is 35.5. The molecule has 0 bridgehead atoms. The van der Waals surface area contributed by atoms with Gasteiger partial charge in [0.2, 0.25) is 0 Å². The highest BCUT2D eigenvalue weighted by Gasteiger charge is 2.02. The summed E-state index contributed by atoms with van der Waals surface area (Å²) < 4.78 is 8.02. The highest BCUT2D eigenvalue weighted by Crippen LogP contribution is 2.26. The lowest BCUT2D eigenvalue weighted by Gasteiger charge is -1.91. The second kappa shape index (κ2) is 2.59. The molecule has 0 aliphatic rings. The summed E-state index contributed by atoms with van der Waals surface area (Å²) in [4.78, 5) is 0. The van der Waals surface area contributed by atoms with Crippen molar-refractivity contribution in [1.82, 2.24) is 8.75 Å². The number of nitrogens with zero attached hydrogens (tertiary/aromatic N) is 2. The van der Waals surface area contributed by atoms with Crippen molar-refractivity contribution < 1.29 is 0 Å². The molecule has 1 aromatic carbocycles. The van der Waals surface area contributed by atoms with Crippen molar-refractivity contribution in [2.24, 2.45) is 0 Å². The van der Waals surface area contributed by atoms with Crippen LogP contribution in [0.4, 0.5) is 0 Å². The Kier molecular flexibility index (Phi) is 1.71. The van der Waals surface area contributed by atoms with Gasteiger partial charge in [-0.2, -0.15) is 8.75 Å². The van der Waals surface area contributed by atoms with E-state index in [1.165, 1.54) is 0 Å². The number of benzene rings is 1. The molecule has 2 rings (SSSR count). The van der Waals surface area contributed by atoms with Crippen LogP contribution in [-0.2, 0) is 0 Å². The SMILES string of the molecule is Clc1cc2nsnc2cc1Cl. The Labute approximate surface area is 77.1 Å². The van der Waals surface area contributed by atoms with Crippen molar-refractivity contribution >= 4 is 46.0 Å².